The van der Waals surface area contributed by atoms with Crippen molar-refractivity contribution in [2.24, 2.45) is 5.73 Å². The Morgan fingerprint density at radius 3 is 2.76 bits per heavy atom. The number of rotatable bonds is 6. The second kappa shape index (κ2) is 6.64. The van der Waals surface area contributed by atoms with Crippen molar-refractivity contribution in [3.63, 3.8) is 0 Å². The lowest BCUT2D eigenvalue weighted by molar-refractivity contribution is -0.118. The molecule has 1 aromatic rings. The van der Waals surface area contributed by atoms with Crippen LogP contribution in [-0.4, -0.2) is 41.0 Å². The molecule has 0 saturated carbocycles. The van der Waals surface area contributed by atoms with Crippen LogP contribution in [0.4, 0.5) is 0 Å². The van der Waals surface area contributed by atoms with Crippen molar-refractivity contribution >= 4 is 11.8 Å². The van der Waals surface area contributed by atoms with E-state index in [4.69, 9.17) is 5.73 Å². The molecule has 7 heteroatoms. The van der Waals surface area contributed by atoms with Gasteiger partial charge in [-0.15, -0.1) is 0 Å². The van der Waals surface area contributed by atoms with Crippen LogP contribution in [-0.2, 0) is 11.3 Å². The smallest absolute Gasteiger partial charge is 0.271 e. The largest absolute Gasteiger partial charge is 0.355 e. The van der Waals surface area contributed by atoms with Gasteiger partial charge in [-0.2, -0.15) is 0 Å². The fourth-order valence-electron chi connectivity index (χ4n) is 1.25. The predicted octanol–water partition coefficient (Wildman–Crippen LogP) is -1.29. The summed E-state index contributed by atoms with van der Waals surface area (Å²) in [4.78, 5) is 26.1. The van der Waals surface area contributed by atoms with Gasteiger partial charge in [0.1, 0.15) is 5.69 Å². The van der Waals surface area contributed by atoms with Crippen molar-refractivity contribution in [3.05, 3.63) is 18.2 Å². The van der Waals surface area contributed by atoms with Gasteiger partial charge in [-0.1, -0.05) is 0 Å². The summed E-state index contributed by atoms with van der Waals surface area (Å²) in [5.74, 6) is -0.377. The number of aromatic nitrogens is 2. The van der Waals surface area contributed by atoms with E-state index in [1.165, 1.54) is 6.92 Å². The molecule has 94 valence electrons. The Hall–Kier alpha value is -1.89. The minimum atomic E-state index is -0.258. The van der Waals surface area contributed by atoms with Crippen molar-refractivity contribution in [1.29, 1.82) is 0 Å². The average Bonchev–Trinajstić information content (AvgIpc) is 2.73. The maximum absolute atomic E-state index is 11.6. The minimum absolute atomic E-state index is 0.119. The Morgan fingerprint density at radius 2 is 2.12 bits per heavy atom. The molecule has 1 heterocycles. The standard InChI is InChI=1S/C10H17N5O2/c1-8(16)12-3-4-13-10(17)9-6-15(5-2-11)7-14-9/h6-7H,2-5,11H2,1H3,(H,12,16)(H,13,17). The summed E-state index contributed by atoms with van der Waals surface area (Å²) in [6.07, 6.45) is 3.20. The molecule has 0 radical (unpaired) electrons. The molecule has 7 nitrogen and oxygen atoms in total. The third-order valence-electron chi connectivity index (χ3n) is 2.04. The van der Waals surface area contributed by atoms with E-state index in [9.17, 15) is 9.59 Å². The average molecular weight is 239 g/mol. The van der Waals surface area contributed by atoms with Crippen LogP contribution in [0.3, 0.4) is 0 Å². The van der Waals surface area contributed by atoms with Crippen LogP contribution < -0.4 is 16.4 Å². The van der Waals surface area contributed by atoms with E-state index in [1.807, 2.05) is 0 Å². The van der Waals surface area contributed by atoms with Crippen LogP contribution in [0.5, 0.6) is 0 Å². The van der Waals surface area contributed by atoms with E-state index in [0.29, 0.717) is 31.9 Å². The monoisotopic (exact) mass is 239 g/mol. The van der Waals surface area contributed by atoms with E-state index >= 15 is 0 Å². The summed E-state index contributed by atoms with van der Waals surface area (Å²) in [7, 11) is 0. The lowest BCUT2D eigenvalue weighted by Gasteiger charge is -2.03. The van der Waals surface area contributed by atoms with Gasteiger partial charge in [-0.3, -0.25) is 9.59 Å². The molecule has 0 atom stereocenters. The summed E-state index contributed by atoms with van der Waals surface area (Å²) in [5.41, 5.74) is 5.73. The molecule has 17 heavy (non-hydrogen) atoms. The molecule has 0 aliphatic heterocycles. The van der Waals surface area contributed by atoms with Crippen molar-refractivity contribution in [3.8, 4) is 0 Å². The van der Waals surface area contributed by atoms with Crippen molar-refractivity contribution in [2.75, 3.05) is 19.6 Å². The Morgan fingerprint density at radius 1 is 1.41 bits per heavy atom. The first-order chi connectivity index (χ1) is 8.13. The molecule has 2 amide bonds. The summed E-state index contributed by atoms with van der Waals surface area (Å²) >= 11 is 0. The predicted molar refractivity (Wildman–Crippen MR) is 62.3 cm³/mol. The third-order valence-corrected chi connectivity index (χ3v) is 2.04. The van der Waals surface area contributed by atoms with Gasteiger partial charge >= 0.3 is 0 Å². The maximum atomic E-state index is 11.6. The lowest BCUT2D eigenvalue weighted by Crippen LogP contribution is -2.33. The van der Waals surface area contributed by atoms with Crippen LogP contribution in [0.2, 0.25) is 0 Å². The molecule has 0 aromatic carbocycles. The SMILES string of the molecule is CC(=O)NCCNC(=O)c1cn(CCN)cn1. The molecular formula is C10H17N5O2. The summed E-state index contributed by atoms with van der Waals surface area (Å²) in [6.45, 7) is 3.34. The Kier molecular flexibility index (Phi) is 5.15. The molecule has 1 rings (SSSR count). The second-order valence-electron chi connectivity index (χ2n) is 3.52. The molecule has 4 N–H and O–H groups in total. The number of nitrogens with one attached hydrogen (secondary N) is 2. The fraction of sp³-hybridized carbons (Fsp3) is 0.500. The summed E-state index contributed by atoms with van der Waals surface area (Å²) < 4.78 is 1.75. The molecule has 0 fully saturated rings. The molecule has 0 aliphatic carbocycles. The van der Waals surface area contributed by atoms with Gasteiger partial charge in [0, 0.05) is 39.3 Å². The number of hydrogen-bond acceptors (Lipinski definition) is 4. The first kappa shape index (κ1) is 13.2. The second-order valence-corrected chi connectivity index (χ2v) is 3.52. The van der Waals surface area contributed by atoms with Gasteiger partial charge in [-0.25, -0.2) is 4.98 Å². The molecule has 0 bridgehead atoms. The summed E-state index contributed by atoms with van der Waals surface area (Å²) in [5, 5.41) is 5.23. The number of carbonyl (C=O) groups excluding carboxylic acids is 2. The first-order valence-electron chi connectivity index (χ1n) is 5.38. The highest BCUT2D eigenvalue weighted by atomic mass is 16.2. The zero-order valence-corrected chi connectivity index (χ0v) is 9.77. The highest BCUT2D eigenvalue weighted by molar-refractivity contribution is 5.92. The van der Waals surface area contributed by atoms with E-state index < -0.39 is 0 Å². The number of nitrogens with two attached hydrogens (primary N) is 1. The van der Waals surface area contributed by atoms with Crippen LogP contribution in [0.15, 0.2) is 12.5 Å². The lowest BCUT2D eigenvalue weighted by atomic mass is 10.4. The molecule has 1 aromatic heterocycles. The highest BCUT2D eigenvalue weighted by Gasteiger charge is 2.07. The number of amides is 2. The number of hydrogen-bond donors (Lipinski definition) is 3. The van der Waals surface area contributed by atoms with Gasteiger partial charge in [0.15, 0.2) is 0 Å². The van der Waals surface area contributed by atoms with Crippen LogP contribution >= 0.6 is 0 Å². The van der Waals surface area contributed by atoms with Crippen molar-refractivity contribution in [1.82, 2.24) is 20.2 Å². The molecule has 0 unspecified atom stereocenters. The van der Waals surface area contributed by atoms with Crippen molar-refractivity contribution in [2.45, 2.75) is 13.5 Å². The number of carbonyl (C=O) groups is 2. The zero-order chi connectivity index (χ0) is 12.7. The van der Waals surface area contributed by atoms with Crippen LogP contribution in [0.1, 0.15) is 17.4 Å². The normalized spacial score (nSPS) is 10.0. The number of nitrogens with zero attached hydrogens (tertiary/aromatic N) is 2. The fourth-order valence-corrected chi connectivity index (χ4v) is 1.25. The van der Waals surface area contributed by atoms with Gasteiger partial charge < -0.3 is 20.9 Å². The zero-order valence-electron chi connectivity index (χ0n) is 9.77. The van der Waals surface area contributed by atoms with E-state index in [2.05, 4.69) is 15.6 Å². The molecule has 0 aliphatic rings. The van der Waals surface area contributed by atoms with Gasteiger partial charge in [0.05, 0.1) is 6.33 Å². The number of imidazole rings is 1. The van der Waals surface area contributed by atoms with Crippen LogP contribution in [0, 0.1) is 0 Å². The first-order valence-corrected chi connectivity index (χ1v) is 5.38. The topological polar surface area (TPSA) is 102 Å². The highest BCUT2D eigenvalue weighted by Crippen LogP contribution is 1.95. The van der Waals surface area contributed by atoms with E-state index in [-0.39, 0.29) is 11.8 Å². The van der Waals surface area contributed by atoms with E-state index in [1.54, 1.807) is 17.1 Å². The maximum Gasteiger partial charge on any atom is 0.271 e. The van der Waals surface area contributed by atoms with Gasteiger partial charge in [0.25, 0.3) is 5.91 Å². The Labute approximate surface area is 99.4 Å². The third kappa shape index (κ3) is 4.64. The van der Waals surface area contributed by atoms with Crippen LogP contribution in [0.25, 0.3) is 0 Å². The van der Waals surface area contributed by atoms with Gasteiger partial charge in [0.2, 0.25) is 5.91 Å². The van der Waals surface area contributed by atoms with E-state index in [0.717, 1.165) is 0 Å². The Balaban J connectivity index is 2.33. The molecule has 0 saturated heterocycles. The quantitative estimate of drug-likeness (QED) is 0.537. The molecule has 0 spiro atoms. The summed E-state index contributed by atoms with van der Waals surface area (Å²) in [6, 6.07) is 0. The molecular weight excluding hydrogens is 222 g/mol. The minimum Gasteiger partial charge on any atom is -0.355 e. The Bertz CT molecular complexity index is 388. The van der Waals surface area contributed by atoms with Gasteiger partial charge in [-0.05, 0) is 0 Å². The van der Waals surface area contributed by atoms with Crippen molar-refractivity contribution < 1.29 is 9.59 Å².